The van der Waals surface area contributed by atoms with Gasteiger partial charge in [-0.1, -0.05) is 29.8 Å². The van der Waals surface area contributed by atoms with Gasteiger partial charge in [0.05, 0.1) is 13.0 Å². The number of rotatable bonds is 7. The number of carbonyl (C=O) groups is 2. The first-order chi connectivity index (χ1) is 11.5. The summed E-state index contributed by atoms with van der Waals surface area (Å²) >= 11 is 0. The minimum atomic E-state index is -0.972. The molecule has 0 saturated carbocycles. The number of carboxylic acids is 1. The summed E-state index contributed by atoms with van der Waals surface area (Å²) in [5, 5.41) is 12.1. The second-order valence-corrected chi connectivity index (χ2v) is 5.71. The number of methoxy groups -OCH3 is 1. The third-order valence-corrected chi connectivity index (χ3v) is 3.76. The molecule has 0 spiro atoms. The molecule has 0 radical (unpaired) electrons. The fraction of sp³-hybridized carbons (Fsp3) is 0.263. The number of benzene rings is 2. The quantitative estimate of drug-likeness (QED) is 0.818. The Bertz CT molecular complexity index is 692. The number of carbonyl (C=O) groups excluding carboxylic acids is 1. The van der Waals surface area contributed by atoms with Crippen LogP contribution in [0.5, 0.6) is 5.75 Å². The van der Waals surface area contributed by atoms with Gasteiger partial charge in [-0.05, 0) is 43.2 Å². The third kappa shape index (κ3) is 5.12. The van der Waals surface area contributed by atoms with Gasteiger partial charge in [0.15, 0.2) is 0 Å². The van der Waals surface area contributed by atoms with Crippen LogP contribution in [0.4, 0.5) is 5.69 Å². The fourth-order valence-electron chi connectivity index (χ4n) is 2.37. The summed E-state index contributed by atoms with van der Waals surface area (Å²) < 4.78 is 5.05. The maximum Gasteiger partial charge on any atom is 0.307 e. The van der Waals surface area contributed by atoms with Crippen molar-refractivity contribution in [2.24, 2.45) is 5.92 Å². The standard InChI is InChI=1S/C19H21NO4/c1-13-3-5-14(6-4-13)11-15(19(22)23)12-18(21)20-16-7-9-17(24-2)10-8-16/h3-10,15H,11-12H2,1-2H3,(H,20,21)(H,22,23)/t15-/m0/s1. The van der Waals surface area contributed by atoms with Crippen LogP contribution >= 0.6 is 0 Å². The smallest absolute Gasteiger partial charge is 0.307 e. The van der Waals surface area contributed by atoms with Gasteiger partial charge < -0.3 is 15.2 Å². The van der Waals surface area contributed by atoms with E-state index in [1.54, 1.807) is 31.4 Å². The molecule has 1 atom stereocenters. The number of hydrogen-bond acceptors (Lipinski definition) is 3. The Morgan fingerprint density at radius 3 is 2.25 bits per heavy atom. The Kier molecular flexibility index (Phi) is 5.95. The summed E-state index contributed by atoms with van der Waals surface area (Å²) in [6.45, 7) is 1.97. The topological polar surface area (TPSA) is 75.6 Å². The van der Waals surface area contributed by atoms with Crippen LogP contribution in [0, 0.1) is 12.8 Å². The molecule has 2 rings (SSSR count). The van der Waals surface area contributed by atoms with E-state index in [0.717, 1.165) is 11.1 Å². The van der Waals surface area contributed by atoms with Crippen LogP contribution in [0.3, 0.4) is 0 Å². The van der Waals surface area contributed by atoms with Crippen molar-refractivity contribution in [2.45, 2.75) is 19.8 Å². The zero-order valence-electron chi connectivity index (χ0n) is 13.8. The van der Waals surface area contributed by atoms with Gasteiger partial charge in [-0.2, -0.15) is 0 Å². The highest BCUT2D eigenvalue weighted by molar-refractivity contribution is 5.93. The van der Waals surface area contributed by atoms with Gasteiger partial charge in [0.25, 0.3) is 0 Å². The fourth-order valence-corrected chi connectivity index (χ4v) is 2.37. The van der Waals surface area contributed by atoms with Gasteiger partial charge in [-0.25, -0.2) is 0 Å². The van der Waals surface area contributed by atoms with Crippen molar-refractivity contribution < 1.29 is 19.4 Å². The van der Waals surface area contributed by atoms with Gasteiger partial charge in [0, 0.05) is 12.1 Å². The first-order valence-electron chi connectivity index (χ1n) is 7.70. The first-order valence-corrected chi connectivity index (χ1v) is 7.70. The lowest BCUT2D eigenvalue weighted by atomic mass is 9.95. The Labute approximate surface area is 141 Å². The van der Waals surface area contributed by atoms with Crippen LogP contribution in [0.1, 0.15) is 17.5 Å². The molecule has 0 saturated heterocycles. The predicted octanol–water partition coefficient (Wildman–Crippen LogP) is 3.28. The van der Waals surface area contributed by atoms with E-state index >= 15 is 0 Å². The molecule has 5 heteroatoms. The van der Waals surface area contributed by atoms with Crippen LogP contribution in [-0.4, -0.2) is 24.1 Å². The second kappa shape index (κ2) is 8.15. The molecule has 1 amide bonds. The SMILES string of the molecule is COc1ccc(NC(=O)C[C@H](Cc2ccc(C)cc2)C(=O)O)cc1. The number of ether oxygens (including phenoxy) is 1. The van der Waals surface area contributed by atoms with Crippen LogP contribution in [0.2, 0.25) is 0 Å². The van der Waals surface area contributed by atoms with E-state index in [1.165, 1.54) is 0 Å². The highest BCUT2D eigenvalue weighted by Gasteiger charge is 2.21. The largest absolute Gasteiger partial charge is 0.497 e. The number of hydrogen-bond donors (Lipinski definition) is 2. The number of aliphatic carboxylic acids is 1. The molecule has 2 aromatic rings. The molecule has 0 aromatic heterocycles. The lowest BCUT2D eigenvalue weighted by Crippen LogP contribution is -2.24. The first kappa shape index (κ1) is 17.5. The number of aryl methyl sites for hydroxylation is 1. The van der Waals surface area contributed by atoms with Crippen molar-refractivity contribution in [2.75, 3.05) is 12.4 Å². The van der Waals surface area contributed by atoms with Crippen LogP contribution in [-0.2, 0) is 16.0 Å². The van der Waals surface area contributed by atoms with Crippen molar-refractivity contribution >= 4 is 17.6 Å². The minimum Gasteiger partial charge on any atom is -0.497 e. The molecule has 5 nitrogen and oxygen atoms in total. The Balaban J connectivity index is 1.97. The van der Waals surface area contributed by atoms with Crippen molar-refractivity contribution in [3.8, 4) is 5.75 Å². The van der Waals surface area contributed by atoms with Gasteiger partial charge in [0.2, 0.25) is 5.91 Å². The predicted molar refractivity (Wildman–Crippen MR) is 92.2 cm³/mol. The molecule has 0 aliphatic carbocycles. The average molecular weight is 327 g/mol. The minimum absolute atomic E-state index is 0.0742. The number of amides is 1. The monoisotopic (exact) mass is 327 g/mol. The molecule has 0 fully saturated rings. The van der Waals surface area contributed by atoms with Crippen molar-refractivity contribution in [1.82, 2.24) is 0 Å². The van der Waals surface area contributed by atoms with Gasteiger partial charge in [-0.15, -0.1) is 0 Å². The summed E-state index contributed by atoms with van der Waals surface area (Å²) in [6.07, 6.45) is 0.251. The zero-order chi connectivity index (χ0) is 17.5. The highest BCUT2D eigenvalue weighted by atomic mass is 16.5. The van der Waals surface area contributed by atoms with Crippen LogP contribution in [0.15, 0.2) is 48.5 Å². The van der Waals surface area contributed by atoms with Gasteiger partial charge in [-0.3, -0.25) is 9.59 Å². The van der Waals surface area contributed by atoms with Crippen molar-refractivity contribution in [3.05, 3.63) is 59.7 Å². The summed E-state index contributed by atoms with van der Waals surface area (Å²) in [5.74, 6) is -1.36. The van der Waals surface area contributed by atoms with Crippen molar-refractivity contribution in [1.29, 1.82) is 0 Å². The second-order valence-electron chi connectivity index (χ2n) is 5.71. The highest BCUT2D eigenvalue weighted by Crippen LogP contribution is 2.18. The molecule has 0 aliphatic rings. The summed E-state index contributed by atoms with van der Waals surface area (Å²) in [7, 11) is 1.57. The maximum absolute atomic E-state index is 12.1. The molecule has 0 bridgehead atoms. The summed E-state index contributed by atoms with van der Waals surface area (Å²) in [5.41, 5.74) is 2.63. The number of nitrogens with one attached hydrogen (secondary N) is 1. The normalized spacial score (nSPS) is 11.6. The van der Waals surface area contributed by atoms with E-state index in [9.17, 15) is 14.7 Å². The molecule has 24 heavy (non-hydrogen) atoms. The summed E-state index contributed by atoms with van der Waals surface area (Å²) in [4.78, 5) is 23.6. The molecular formula is C19H21NO4. The molecule has 2 N–H and O–H groups in total. The third-order valence-electron chi connectivity index (χ3n) is 3.76. The van der Waals surface area contributed by atoms with Gasteiger partial charge >= 0.3 is 5.97 Å². The Morgan fingerprint density at radius 1 is 1.08 bits per heavy atom. The van der Waals surface area contributed by atoms with E-state index < -0.39 is 11.9 Å². The lowest BCUT2D eigenvalue weighted by molar-refractivity contribution is -0.143. The van der Waals surface area contributed by atoms with E-state index in [2.05, 4.69) is 5.32 Å². The van der Waals surface area contributed by atoms with E-state index in [4.69, 9.17) is 4.74 Å². The molecule has 2 aromatic carbocycles. The van der Waals surface area contributed by atoms with E-state index in [0.29, 0.717) is 17.9 Å². The zero-order valence-corrected chi connectivity index (χ0v) is 13.8. The molecule has 0 heterocycles. The molecular weight excluding hydrogens is 306 g/mol. The van der Waals surface area contributed by atoms with Crippen LogP contribution < -0.4 is 10.1 Å². The molecule has 0 aliphatic heterocycles. The number of anilines is 1. The lowest BCUT2D eigenvalue weighted by Gasteiger charge is -2.13. The van der Waals surface area contributed by atoms with E-state index in [1.807, 2.05) is 31.2 Å². The van der Waals surface area contributed by atoms with E-state index in [-0.39, 0.29) is 12.3 Å². The Morgan fingerprint density at radius 2 is 1.71 bits per heavy atom. The van der Waals surface area contributed by atoms with Gasteiger partial charge in [0.1, 0.15) is 5.75 Å². The molecule has 0 unspecified atom stereocenters. The number of carboxylic acid groups (broad SMARTS) is 1. The summed E-state index contributed by atoms with van der Waals surface area (Å²) in [6, 6.07) is 14.6. The Hall–Kier alpha value is -2.82. The van der Waals surface area contributed by atoms with Crippen molar-refractivity contribution in [3.63, 3.8) is 0 Å². The average Bonchev–Trinajstić information content (AvgIpc) is 2.56. The van der Waals surface area contributed by atoms with Crippen LogP contribution in [0.25, 0.3) is 0 Å². The maximum atomic E-state index is 12.1. The molecule has 126 valence electrons.